The predicted octanol–water partition coefficient (Wildman–Crippen LogP) is 5.68. The molecule has 1 aromatic heterocycles. The molecule has 2 aliphatic heterocycles. The number of amides is 3. The lowest BCUT2D eigenvalue weighted by atomic mass is 9.94. The summed E-state index contributed by atoms with van der Waals surface area (Å²) in [5.74, 6) is 1.15. The fourth-order valence-corrected chi connectivity index (χ4v) is 11.1. The van der Waals surface area contributed by atoms with Crippen molar-refractivity contribution in [2.24, 2.45) is 11.7 Å². The van der Waals surface area contributed by atoms with Crippen molar-refractivity contribution in [1.82, 2.24) is 30.9 Å². The van der Waals surface area contributed by atoms with E-state index in [0.717, 1.165) is 41.8 Å². The number of aromatic nitrogens is 3. The number of hydrogen-bond donors (Lipinski definition) is 5. The smallest absolute Gasteiger partial charge is 0.450 e. The van der Waals surface area contributed by atoms with Gasteiger partial charge in [0.1, 0.15) is 11.5 Å². The number of nitrogens with two attached hydrogens (primary N) is 1. The Morgan fingerprint density at radius 3 is 2.21 bits per heavy atom. The van der Waals surface area contributed by atoms with E-state index in [4.69, 9.17) is 39.1 Å². The van der Waals surface area contributed by atoms with Crippen LogP contribution in [0.15, 0.2) is 91.1 Å². The Labute approximate surface area is 396 Å². The second-order valence-corrected chi connectivity index (χ2v) is 19.6. The molecule has 0 spiro atoms. The van der Waals surface area contributed by atoms with Gasteiger partial charge in [-0.2, -0.15) is 11.8 Å². The molecule has 67 heavy (non-hydrogen) atoms. The van der Waals surface area contributed by atoms with Gasteiger partial charge in [-0.05, 0) is 61.1 Å². The summed E-state index contributed by atoms with van der Waals surface area (Å²) in [7, 11) is -4.17. The summed E-state index contributed by atoms with van der Waals surface area (Å²) in [6, 6.07) is 24.9. The van der Waals surface area contributed by atoms with Gasteiger partial charge in [-0.15, -0.1) is 5.10 Å². The number of fused-ring (bicyclic) bond motifs is 1. The Kier molecular flexibility index (Phi) is 20.8. The molecule has 2 aliphatic rings. The Morgan fingerprint density at radius 1 is 0.866 bits per heavy atom. The average Bonchev–Trinajstić information content (AvgIpc) is 4.04. The zero-order valence-corrected chi connectivity index (χ0v) is 39.5. The number of thioether (sulfide) groups is 1. The van der Waals surface area contributed by atoms with Crippen LogP contribution >= 0.6 is 19.4 Å². The highest BCUT2D eigenvalue weighted by molar-refractivity contribution is 8.00. The minimum absolute atomic E-state index is 0.0334. The normalized spacial score (nSPS) is 17.0. The number of para-hydroxylation sites is 2. The van der Waals surface area contributed by atoms with Crippen molar-refractivity contribution in [2.75, 3.05) is 58.5 Å². The van der Waals surface area contributed by atoms with Crippen LogP contribution in [0.2, 0.25) is 0 Å². The summed E-state index contributed by atoms with van der Waals surface area (Å²) in [5, 5.41) is 25.3. The number of unbranched alkanes of at least 4 members (excludes halogenated alkanes) is 1. The quantitative estimate of drug-likeness (QED) is 0.0177. The van der Waals surface area contributed by atoms with Crippen LogP contribution < -0.4 is 30.7 Å². The van der Waals surface area contributed by atoms with Crippen molar-refractivity contribution < 1.29 is 46.9 Å². The standard InChI is InChI=1S/C47H63N8O10PS/c48-43(49)30-35-17-19-36(20-18-35)31-46(66(59,64-38-11-3-1-4-12-38)65-39-13-5-2-6-14-39)52-47(58)63-23-9-10-37-33-55(54-53-37)22-25-61-27-29-62-28-26-60-24-21-50-44(56)16-8-7-15-42-40-32-45(57)51-41(40)34-67-42/h1-6,11-14,17-20,33,40-42,46H,7-10,15-16,21-32,34H2,(H3,48,49)(H,50,56)(H,51,57)(H,52,58)/t40-,41-,42-,46?/m0/s1. The first-order valence-corrected chi connectivity index (χ1v) is 25.5. The van der Waals surface area contributed by atoms with Crippen LogP contribution in [-0.2, 0) is 58.9 Å². The minimum atomic E-state index is -4.17. The topological polar surface area (TPSA) is 240 Å². The van der Waals surface area contributed by atoms with E-state index in [0.29, 0.717) is 114 Å². The molecular weight excluding hydrogens is 900 g/mol. The number of ether oxygens (including phenoxy) is 4. The van der Waals surface area contributed by atoms with Gasteiger partial charge in [-0.3, -0.25) is 15.0 Å². The minimum Gasteiger partial charge on any atom is -0.450 e. The molecule has 0 bridgehead atoms. The largest absolute Gasteiger partial charge is 0.453 e. The van der Waals surface area contributed by atoms with E-state index < -0.39 is 19.5 Å². The van der Waals surface area contributed by atoms with E-state index in [1.54, 1.807) is 65.3 Å². The zero-order valence-electron chi connectivity index (χ0n) is 37.8. The van der Waals surface area contributed by atoms with Gasteiger partial charge < -0.3 is 49.7 Å². The van der Waals surface area contributed by atoms with Gasteiger partial charge in [-0.25, -0.2) is 14.0 Å². The maximum Gasteiger partial charge on any atom is 0.453 e. The molecule has 18 nitrogen and oxygen atoms in total. The number of rotatable bonds is 31. The first-order chi connectivity index (χ1) is 32.6. The predicted molar refractivity (Wildman–Crippen MR) is 254 cm³/mol. The molecular formula is C47H63N8O10PS. The maximum atomic E-state index is 14.8. The molecule has 20 heteroatoms. The number of aryl methyl sites for hydroxylation is 1. The van der Waals surface area contributed by atoms with Gasteiger partial charge in [0.05, 0.1) is 64.3 Å². The average molecular weight is 963 g/mol. The van der Waals surface area contributed by atoms with Crippen molar-refractivity contribution in [3.63, 3.8) is 0 Å². The van der Waals surface area contributed by atoms with Crippen LogP contribution in [0, 0.1) is 11.3 Å². The number of hydrogen-bond acceptors (Lipinski definition) is 14. The van der Waals surface area contributed by atoms with Crippen LogP contribution in [0.4, 0.5) is 4.79 Å². The third-order valence-corrected chi connectivity index (χ3v) is 14.6. The summed E-state index contributed by atoms with van der Waals surface area (Å²) >= 11 is 1.95. The van der Waals surface area contributed by atoms with Crippen LogP contribution in [0.1, 0.15) is 55.3 Å². The number of amidine groups is 1. The molecule has 4 atom stereocenters. The molecule has 1 unspecified atom stereocenters. The van der Waals surface area contributed by atoms with E-state index in [9.17, 15) is 18.9 Å². The number of carbonyl (C=O) groups excluding carboxylic acids is 3. The highest BCUT2D eigenvalue weighted by Crippen LogP contribution is 2.53. The molecule has 2 fully saturated rings. The molecule has 0 saturated carbocycles. The molecule has 3 heterocycles. The van der Waals surface area contributed by atoms with Crippen molar-refractivity contribution in [3.05, 3.63) is 108 Å². The van der Waals surface area contributed by atoms with Gasteiger partial charge in [0.2, 0.25) is 11.8 Å². The molecule has 362 valence electrons. The third-order valence-electron chi connectivity index (χ3n) is 11.0. The Hall–Kier alpha value is -5.46. The number of benzene rings is 3. The van der Waals surface area contributed by atoms with Crippen LogP contribution in [0.5, 0.6) is 11.5 Å². The Balaban J connectivity index is 0.822. The first-order valence-electron chi connectivity index (χ1n) is 22.8. The van der Waals surface area contributed by atoms with Gasteiger partial charge in [-0.1, -0.05) is 72.3 Å². The summed E-state index contributed by atoms with van der Waals surface area (Å²) in [4.78, 5) is 37.1. The van der Waals surface area contributed by atoms with E-state index in [1.165, 1.54) is 0 Å². The maximum absolute atomic E-state index is 14.8. The summed E-state index contributed by atoms with van der Waals surface area (Å²) < 4.78 is 51.0. The van der Waals surface area contributed by atoms with E-state index in [1.807, 2.05) is 42.2 Å². The number of alkyl carbamates (subject to hydrolysis) is 1. The van der Waals surface area contributed by atoms with Crippen LogP contribution in [-0.4, -0.2) is 114 Å². The zero-order chi connectivity index (χ0) is 47.1. The van der Waals surface area contributed by atoms with Crippen LogP contribution in [0.3, 0.4) is 0 Å². The van der Waals surface area contributed by atoms with Crippen molar-refractivity contribution in [2.45, 2.75) is 81.4 Å². The van der Waals surface area contributed by atoms with Crippen LogP contribution in [0.25, 0.3) is 0 Å². The Bertz CT molecular complexity index is 2140. The highest BCUT2D eigenvalue weighted by Gasteiger charge is 2.43. The van der Waals surface area contributed by atoms with Gasteiger partial charge in [0, 0.05) is 61.4 Å². The van der Waals surface area contributed by atoms with Gasteiger partial charge >= 0.3 is 13.7 Å². The van der Waals surface area contributed by atoms with Crippen molar-refractivity contribution in [1.29, 1.82) is 5.41 Å². The first kappa shape index (κ1) is 50.9. The van der Waals surface area contributed by atoms with Gasteiger partial charge in [0.25, 0.3) is 0 Å². The molecule has 4 aromatic rings. The summed E-state index contributed by atoms with van der Waals surface area (Å²) in [5.41, 5.74) is 7.89. The molecule has 0 aliphatic carbocycles. The number of nitrogens with zero attached hydrogens (tertiary/aromatic N) is 3. The molecule has 2 saturated heterocycles. The monoisotopic (exact) mass is 962 g/mol. The number of nitrogens with one attached hydrogen (secondary N) is 4. The van der Waals surface area contributed by atoms with E-state index in [-0.39, 0.29) is 30.7 Å². The lowest BCUT2D eigenvalue weighted by Gasteiger charge is -2.28. The van der Waals surface area contributed by atoms with E-state index >= 15 is 0 Å². The Morgan fingerprint density at radius 2 is 1.52 bits per heavy atom. The molecule has 3 aromatic carbocycles. The van der Waals surface area contributed by atoms with Crippen molar-refractivity contribution in [3.8, 4) is 11.5 Å². The fraction of sp³-hybridized carbons (Fsp3) is 0.489. The second-order valence-electron chi connectivity index (χ2n) is 16.3. The van der Waals surface area contributed by atoms with Crippen molar-refractivity contribution >= 4 is 43.1 Å². The summed E-state index contributed by atoms with van der Waals surface area (Å²) in [6.07, 6.45) is 6.40. The number of carbonyl (C=O) groups is 3. The second kappa shape index (κ2) is 27.4. The lowest BCUT2D eigenvalue weighted by Crippen LogP contribution is -2.39. The summed E-state index contributed by atoms with van der Waals surface area (Å²) in [6.45, 7) is 3.51. The molecule has 0 radical (unpaired) electrons. The fourth-order valence-electron chi connectivity index (χ4n) is 7.65. The molecule has 6 N–H and O–H groups in total. The highest BCUT2D eigenvalue weighted by atomic mass is 32.2. The van der Waals surface area contributed by atoms with E-state index in [2.05, 4.69) is 26.3 Å². The SMILES string of the molecule is N=C(N)Cc1ccc(CC(NC(=O)OCCCc2cn(CCOCCOCCOCCNC(=O)CCCC[C@@H]3SC[C@@H]4NC(=O)C[C@@H]43)nn2)P(=O)(Oc2ccccc2)Oc2ccccc2)cc1. The molecule has 6 rings (SSSR count). The molecule has 3 amide bonds. The van der Waals surface area contributed by atoms with Gasteiger partial charge in [0.15, 0.2) is 5.78 Å². The lowest BCUT2D eigenvalue weighted by molar-refractivity contribution is -0.121. The third kappa shape index (κ3) is 17.9.